The van der Waals surface area contributed by atoms with Crippen molar-refractivity contribution in [3.8, 4) is 16.9 Å². The number of carbonyl (C=O) groups is 1. The first-order valence-electron chi connectivity index (χ1n) is 9.53. The minimum Gasteiger partial charge on any atom is -0.337 e. The first-order valence-corrected chi connectivity index (χ1v) is 10.3. The van der Waals surface area contributed by atoms with E-state index >= 15 is 0 Å². The number of likely N-dealkylation sites (tertiary alicyclic amines) is 1. The van der Waals surface area contributed by atoms with Crippen LogP contribution in [0, 0.1) is 11.7 Å². The molecule has 4 nitrogen and oxygen atoms in total. The minimum atomic E-state index is -0.323. The molecule has 0 aliphatic carbocycles. The van der Waals surface area contributed by atoms with Crippen molar-refractivity contribution in [2.45, 2.75) is 19.8 Å². The van der Waals surface area contributed by atoms with Crippen molar-refractivity contribution in [2.24, 2.45) is 5.92 Å². The summed E-state index contributed by atoms with van der Waals surface area (Å²) < 4.78 is 14.9. The fourth-order valence-electron chi connectivity index (χ4n) is 3.48. The van der Waals surface area contributed by atoms with E-state index in [0.29, 0.717) is 33.0 Å². The molecule has 1 aromatic heterocycles. The Morgan fingerprint density at radius 1 is 1.03 bits per heavy atom. The Labute approximate surface area is 178 Å². The van der Waals surface area contributed by atoms with Crippen LogP contribution < -0.4 is 0 Å². The second-order valence-corrected chi connectivity index (χ2v) is 8.22. The molecule has 1 aliphatic heterocycles. The molecule has 2 aromatic carbocycles. The second-order valence-electron chi connectivity index (χ2n) is 7.41. The smallest absolute Gasteiger partial charge is 0.272 e. The fourth-order valence-corrected chi connectivity index (χ4v) is 3.77. The monoisotopic (exact) mass is 431 g/mol. The van der Waals surface area contributed by atoms with E-state index in [2.05, 4.69) is 12.0 Å². The predicted molar refractivity (Wildman–Crippen MR) is 113 cm³/mol. The van der Waals surface area contributed by atoms with Crippen molar-refractivity contribution in [2.75, 3.05) is 13.1 Å². The van der Waals surface area contributed by atoms with Gasteiger partial charge in [-0.1, -0.05) is 30.1 Å². The molecule has 29 heavy (non-hydrogen) atoms. The van der Waals surface area contributed by atoms with Gasteiger partial charge in [0.25, 0.3) is 5.91 Å². The second kappa shape index (κ2) is 8.17. The Morgan fingerprint density at radius 3 is 2.38 bits per heavy atom. The van der Waals surface area contributed by atoms with Gasteiger partial charge in [-0.3, -0.25) is 4.79 Å². The maximum absolute atomic E-state index is 13.3. The third-order valence-electron chi connectivity index (χ3n) is 5.29. The van der Waals surface area contributed by atoms with Gasteiger partial charge in [0.15, 0.2) is 0 Å². The molecule has 0 N–H and O–H groups in total. The lowest BCUT2D eigenvalue weighted by Crippen LogP contribution is -2.38. The molecule has 0 radical (unpaired) electrons. The molecule has 0 unspecified atom stereocenters. The molecule has 4 rings (SSSR count). The molecule has 1 saturated heterocycles. The molecular weight excluding hydrogens is 412 g/mol. The van der Waals surface area contributed by atoms with Crippen LogP contribution in [0.5, 0.6) is 0 Å². The summed E-state index contributed by atoms with van der Waals surface area (Å²) in [4.78, 5) is 15.2. The molecule has 7 heteroatoms. The Morgan fingerprint density at radius 2 is 1.72 bits per heavy atom. The van der Waals surface area contributed by atoms with Gasteiger partial charge in [0.1, 0.15) is 11.5 Å². The summed E-state index contributed by atoms with van der Waals surface area (Å²) in [6, 6.07) is 12.9. The van der Waals surface area contributed by atoms with Crippen molar-refractivity contribution in [3.63, 3.8) is 0 Å². The van der Waals surface area contributed by atoms with Gasteiger partial charge in [0, 0.05) is 18.7 Å². The van der Waals surface area contributed by atoms with E-state index in [4.69, 9.17) is 23.2 Å². The van der Waals surface area contributed by atoms with E-state index in [1.807, 2.05) is 4.90 Å². The normalized spacial score (nSPS) is 15.0. The van der Waals surface area contributed by atoms with Crippen LogP contribution in [0.1, 0.15) is 30.3 Å². The maximum atomic E-state index is 13.3. The molecule has 0 spiro atoms. The van der Waals surface area contributed by atoms with E-state index in [-0.39, 0.29) is 11.7 Å². The van der Waals surface area contributed by atoms with Crippen LogP contribution in [-0.4, -0.2) is 33.7 Å². The summed E-state index contributed by atoms with van der Waals surface area (Å²) in [6.07, 6.45) is 1.97. The van der Waals surface area contributed by atoms with Gasteiger partial charge in [-0.05, 0) is 67.3 Å². The van der Waals surface area contributed by atoms with Crippen molar-refractivity contribution in [1.82, 2.24) is 14.7 Å². The number of rotatable bonds is 3. The molecule has 1 fully saturated rings. The van der Waals surface area contributed by atoms with Gasteiger partial charge in [-0.2, -0.15) is 5.10 Å². The van der Waals surface area contributed by atoms with Crippen LogP contribution in [0.15, 0.2) is 48.5 Å². The molecule has 0 bridgehead atoms. The number of hydrogen-bond acceptors (Lipinski definition) is 2. The number of halogens is 3. The number of amides is 1. The highest BCUT2D eigenvalue weighted by molar-refractivity contribution is 6.42. The maximum Gasteiger partial charge on any atom is 0.272 e. The number of piperidine rings is 1. The van der Waals surface area contributed by atoms with E-state index in [1.54, 1.807) is 41.1 Å². The first kappa shape index (κ1) is 19.9. The van der Waals surface area contributed by atoms with Gasteiger partial charge in [0.05, 0.1) is 21.4 Å². The predicted octanol–water partition coefficient (Wildman–Crippen LogP) is 5.86. The van der Waals surface area contributed by atoms with Gasteiger partial charge in [-0.15, -0.1) is 0 Å². The van der Waals surface area contributed by atoms with Gasteiger partial charge >= 0.3 is 0 Å². The Balaban J connectivity index is 1.78. The average Bonchev–Trinajstić information content (AvgIpc) is 3.16. The van der Waals surface area contributed by atoms with Crippen LogP contribution in [0.4, 0.5) is 4.39 Å². The molecule has 0 saturated carbocycles. The standard InChI is InChI=1S/C22H20Cl2FN3O/c1-14-8-10-27(11-9-14)22(29)21-13-20(15-2-4-16(25)5-3-15)26-28(21)17-6-7-18(23)19(24)12-17/h2-7,12-14H,8-11H2,1H3. The first-order chi connectivity index (χ1) is 13.9. The summed E-state index contributed by atoms with van der Waals surface area (Å²) in [5, 5.41) is 5.44. The topological polar surface area (TPSA) is 38.1 Å². The van der Waals surface area contributed by atoms with Crippen LogP contribution >= 0.6 is 23.2 Å². The zero-order valence-corrected chi connectivity index (χ0v) is 17.4. The van der Waals surface area contributed by atoms with Crippen molar-refractivity contribution >= 4 is 29.1 Å². The Hall–Kier alpha value is -2.37. The lowest BCUT2D eigenvalue weighted by atomic mass is 9.99. The molecule has 0 atom stereocenters. The largest absolute Gasteiger partial charge is 0.337 e. The fraction of sp³-hybridized carbons (Fsp3) is 0.273. The van der Waals surface area contributed by atoms with Gasteiger partial charge < -0.3 is 4.90 Å². The van der Waals surface area contributed by atoms with Crippen LogP contribution in [0.2, 0.25) is 10.0 Å². The Kier molecular flexibility index (Phi) is 5.61. The summed E-state index contributed by atoms with van der Waals surface area (Å²) in [6.45, 7) is 3.64. The molecular formula is C22H20Cl2FN3O. The van der Waals surface area contributed by atoms with Crippen LogP contribution in [0.3, 0.4) is 0 Å². The van der Waals surface area contributed by atoms with E-state index < -0.39 is 0 Å². The number of nitrogens with zero attached hydrogens (tertiary/aromatic N) is 3. The number of aromatic nitrogens is 2. The SMILES string of the molecule is CC1CCN(C(=O)c2cc(-c3ccc(F)cc3)nn2-c2ccc(Cl)c(Cl)c2)CC1. The van der Waals surface area contributed by atoms with Crippen molar-refractivity contribution < 1.29 is 9.18 Å². The number of carbonyl (C=O) groups excluding carboxylic acids is 1. The van der Waals surface area contributed by atoms with Gasteiger partial charge in [-0.25, -0.2) is 9.07 Å². The quantitative estimate of drug-likeness (QED) is 0.520. The molecule has 2 heterocycles. The summed E-state index contributed by atoms with van der Waals surface area (Å²) in [5.74, 6) is 0.217. The van der Waals surface area contributed by atoms with Crippen molar-refractivity contribution in [3.05, 3.63) is 70.1 Å². The summed E-state index contributed by atoms with van der Waals surface area (Å²) in [5.41, 5.74) is 2.40. The zero-order chi connectivity index (χ0) is 20.5. The summed E-state index contributed by atoms with van der Waals surface area (Å²) >= 11 is 12.2. The summed E-state index contributed by atoms with van der Waals surface area (Å²) in [7, 11) is 0. The van der Waals surface area contributed by atoms with E-state index in [0.717, 1.165) is 31.5 Å². The third kappa shape index (κ3) is 4.16. The average molecular weight is 432 g/mol. The highest BCUT2D eigenvalue weighted by Crippen LogP contribution is 2.28. The number of benzene rings is 2. The Bertz CT molecular complexity index is 1040. The molecule has 3 aromatic rings. The molecule has 1 aliphatic rings. The van der Waals surface area contributed by atoms with E-state index in [1.165, 1.54) is 12.1 Å². The van der Waals surface area contributed by atoms with E-state index in [9.17, 15) is 9.18 Å². The van der Waals surface area contributed by atoms with Crippen LogP contribution in [0.25, 0.3) is 16.9 Å². The minimum absolute atomic E-state index is 0.0798. The third-order valence-corrected chi connectivity index (χ3v) is 6.03. The highest BCUT2D eigenvalue weighted by atomic mass is 35.5. The van der Waals surface area contributed by atoms with Crippen molar-refractivity contribution in [1.29, 1.82) is 0 Å². The molecule has 1 amide bonds. The van der Waals surface area contributed by atoms with Crippen LogP contribution in [-0.2, 0) is 0 Å². The lowest BCUT2D eigenvalue weighted by Gasteiger charge is -2.30. The zero-order valence-electron chi connectivity index (χ0n) is 15.9. The molecule has 150 valence electrons. The lowest BCUT2D eigenvalue weighted by molar-refractivity contribution is 0.0688. The number of hydrogen-bond donors (Lipinski definition) is 0. The highest BCUT2D eigenvalue weighted by Gasteiger charge is 2.26. The van der Waals surface area contributed by atoms with Gasteiger partial charge in [0.2, 0.25) is 0 Å².